The summed E-state index contributed by atoms with van der Waals surface area (Å²) in [5, 5.41) is 19.5. The molecule has 226 valence electrons. The molecule has 0 aliphatic rings. The third-order valence-electron chi connectivity index (χ3n) is 9.99. The fraction of sp³-hybridized carbons (Fsp3) is 0. The molecule has 0 saturated heterocycles. The number of para-hydroxylation sites is 1. The molecule has 2 aromatic heterocycles. The Balaban J connectivity index is 1.05. The molecule has 3 heteroatoms. The van der Waals surface area contributed by atoms with Gasteiger partial charge in [0.1, 0.15) is 0 Å². The van der Waals surface area contributed by atoms with Gasteiger partial charge in [-0.3, -0.25) is 4.98 Å². The number of benzene rings is 8. The zero-order chi connectivity index (χ0) is 32.5. The predicted octanol–water partition coefficient (Wildman–Crippen LogP) is 11.9. The minimum atomic E-state index is 0.664. The number of pyridine rings is 1. The predicted molar refractivity (Wildman–Crippen MR) is 203 cm³/mol. The molecule has 49 heavy (non-hydrogen) atoms. The smallest absolute Gasteiger partial charge is 0.0991 e. The molecule has 0 fully saturated rings. The fourth-order valence-electron chi connectivity index (χ4n) is 7.69. The third-order valence-corrected chi connectivity index (χ3v) is 9.99. The topological polar surface area (TPSA) is 41.6 Å². The minimum Gasteiger partial charge on any atom is -0.309 e. The van der Waals surface area contributed by atoms with Gasteiger partial charge in [-0.1, -0.05) is 78.9 Å². The summed E-state index contributed by atoms with van der Waals surface area (Å²) in [6.45, 7) is 0. The molecular weight excluding hydrogens is 595 g/mol. The van der Waals surface area contributed by atoms with Crippen LogP contribution in [0.2, 0.25) is 0 Å². The van der Waals surface area contributed by atoms with Gasteiger partial charge in [-0.05, 0) is 133 Å². The first-order chi connectivity index (χ1) is 24.2. The lowest BCUT2D eigenvalue weighted by molar-refractivity contribution is 1.18. The van der Waals surface area contributed by atoms with Crippen LogP contribution in [-0.2, 0) is 0 Å². The summed E-state index contributed by atoms with van der Waals surface area (Å²) in [6.07, 6.45) is 3.75. The molecule has 0 radical (unpaired) electrons. The van der Waals surface area contributed by atoms with Crippen molar-refractivity contribution in [1.82, 2.24) is 9.55 Å². The molecular formula is C46H27N3. The maximum Gasteiger partial charge on any atom is 0.0991 e. The molecule has 0 spiro atoms. The van der Waals surface area contributed by atoms with Crippen molar-refractivity contribution in [2.24, 2.45) is 0 Å². The van der Waals surface area contributed by atoms with Crippen LogP contribution >= 0.6 is 0 Å². The molecule has 0 aliphatic carbocycles. The standard InChI is InChI=1S/C46H27N3/c47-27-29-8-18-43-41(21-29)42-26-32(17-19-44(42)49(43)40-6-2-1-3-7-40)30-9-11-31(12-10-30)38-22-33-13-15-35-24-39(37-5-4-20-48-28-37)25-36-16-14-34(23-38)45(33)46(35)36/h1-26,28H. The summed E-state index contributed by atoms with van der Waals surface area (Å²) in [7, 11) is 0. The second kappa shape index (κ2) is 10.6. The van der Waals surface area contributed by atoms with Crippen molar-refractivity contribution in [3.05, 3.63) is 170 Å². The zero-order valence-corrected chi connectivity index (χ0v) is 26.4. The fourth-order valence-corrected chi connectivity index (χ4v) is 7.69. The summed E-state index contributed by atoms with van der Waals surface area (Å²) in [5.41, 5.74) is 11.0. The summed E-state index contributed by atoms with van der Waals surface area (Å²) < 4.78 is 2.28. The van der Waals surface area contributed by atoms with Gasteiger partial charge in [0.2, 0.25) is 0 Å². The van der Waals surface area contributed by atoms with Crippen LogP contribution in [0.3, 0.4) is 0 Å². The Kier molecular flexibility index (Phi) is 5.94. The molecule has 10 rings (SSSR count). The molecule has 0 unspecified atom stereocenters. The Morgan fingerprint density at radius 2 is 1.00 bits per heavy atom. The Morgan fingerprint density at radius 1 is 0.449 bits per heavy atom. The molecule has 0 amide bonds. The molecule has 2 heterocycles. The van der Waals surface area contributed by atoms with Crippen LogP contribution < -0.4 is 0 Å². The normalized spacial score (nSPS) is 11.7. The lowest BCUT2D eigenvalue weighted by Gasteiger charge is -2.14. The van der Waals surface area contributed by atoms with E-state index in [2.05, 4.69) is 143 Å². The Bertz CT molecular complexity index is 2850. The minimum absolute atomic E-state index is 0.664. The van der Waals surface area contributed by atoms with Crippen LogP contribution in [0.1, 0.15) is 5.56 Å². The molecule has 3 nitrogen and oxygen atoms in total. The number of aromatic nitrogens is 2. The largest absolute Gasteiger partial charge is 0.309 e. The quantitative estimate of drug-likeness (QED) is 0.184. The Morgan fingerprint density at radius 3 is 1.59 bits per heavy atom. The van der Waals surface area contributed by atoms with Gasteiger partial charge in [-0.25, -0.2) is 0 Å². The average Bonchev–Trinajstić information content (AvgIpc) is 3.50. The van der Waals surface area contributed by atoms with Gasteiger partial charge in [0.25, 0.3) is 0 Å². The van der Waals surface area contributed by atoms with Gasteiger partial charge >= 0.3 is 0 Å². The number of rotatable bonds is 4. The van der Waals surface area contributed by atoms with E-state index in [-0.39, 0.29) is 0 Å². The van der Waals surface area contributed by atoms with E-state index in [1.54, 1.807) is 0 Å². The first-order valence-electron chi connectivity index (χ1n) is 16.5. The van der Waals surface area contributed by atoms with Crippen LogP contribution in [0.4, 0.5) is 0 Å². The number of hydrogen-bond donors (Lipinski definition) is 0. The van der Waals surface area contributed by atoms with E-state index in [9.17, 15) is 5.26 Å². The van der Waals surface area contributed by atoms with Crippen LogP contribution in [0.5, 0.6) is 0 Å². The van der Waals surface area contributed by atoms with Crippen molar-refractivity contribution in [2.75, 3.05) is 0 Å². The second-order valence-corrected chi connectivity index (χ2v) is 12.8. The van der Waals surface area contributed by atoms with E-state index in [0.717, 1.165) is 44.2 Å². The van der Waals surface area contributed by atoms with Crippen LogP contribution in [0, 0.1) is 11.3 Å². The van der Waals surface area contributed by atoms with E-state index >= 15 is 0 Å². The third kappa shape index (κ3) is 4.32. The SMILES string of the molecule is N#Cc1ccc2c(c1)c1cc(-c3ccc(-c4cc5ccc6cc(-c7cccnc7)cc7ccc(c4)c5c67)cc3)ccc1n2-c1ccccc1. The lowest BCUT2D eigenvalue weighted by Crippen LogP contribution is -1.93. The monoisotopic (exact) mass is 621 g/mol. The van der Waals surface area contributed by atoms with Crippen molar-refractivity contribution in [3.8, 4) is 45.1 Å². The van der Waals surface area contributed by atoms with Gasteiger partial charge in [0, 0.05) is 34.4 Å². The number of fused-ring (bicyclic) bond motifs is 3. The summed E-state index contributed by atoms with van der Waals surface area (Å²) >= 11 is 0. The molecule has 0 atom stereocenters. The summed E-state index contributed by atoms with van der Waals surface area (Å²) in [6, 6.07) is 56.6. The summed E-state index contributed by atoms with van der Waals surface area (Å²) in [5.74, 6) is 0. The Hall–Kier alpha value is -6.76. The van der Waals surface area contributed by atoms with Crippen LogP contribution in [0.15, 0.2) is 164 Å². The van der Waals surface area contributed by atoms with E-state index in [0.29, 0.717) is 5.56 Å². The first kappa shape index (κ1) is 27.4. The van der Waals surface area contributed by atoms with E-state index < -0.39 is 0 Å². The van der Waals surface area contributed by atoms with Crippen molar-refractivity contribution >= 4 is 54.1 Å². The highest BCUT2D eigenvalue weighted by Crippen LogP contribution is 2.40. The van der Waals surface area contributed by atoms with Gasteiger partial charge in [0.15, 0.2) is 0 Å². The lowest BCUT2D eigenvalue weighted by atomic mass is 9.89. The molecule has 0 N–H and O–H groups in total. The van der Waals surface area contributed by atoms with E-state index in [1.807, 2.05) is 36.7 Å². The Labute approximate surface area is 282 Å². The highest BCUT2D eigenvalue weighted by atomic mass is 15.0. The van der Waals surface area contributed by atoms with Crippen LogP contribution in [0.25, 0.3) is 93.2 Å². The second-order valence-electron chi connectivity index (χ2n) is 12.8. The molecule has 0 bridgehead atoms. The maximum atomic E-state index is 9.67. The number of nitrogens with zero attached hydrogens (tertiary/aromatic N) is 3. The molecule has 10 aromatic rings. The zero-order valence-electron chi connectivity index (χ0n) is 26.4. The molecule has 0 saturated carbocycles. The van der Waals surface area contributed by atoms with Gasteiger partial charge in [0.05, 0.1) is 22.7 Å². The highest BCUT2D eigenvalue weighted by Gasteiger charge is 2.15. The van der Waals surface area contributed by atoms with Gasteiger partial charge in [-0.2, -0.15) is 5.26 Å². The van der Waals surface area contributed by atoms with E-state index in [4.69, 9.17) is 0 Å². The maximum absolute atomic E-state index is 9.67. The first-order valence-corrected chi connectivity index (χ1v) is 16.5. The van der Waals surface area contributed by atoms with E-state index in [1.165, 1.54) is 49.0 Å². The molecule has 8 aromatic carbocycles. The van der Waals surface area contributed by atoms with Crippen molar-refractivity contribution < 1.29 is 0 Å². The number of nitriles is 1. The van der Waals surface area contributed by atoms with Crippen molar-refractivity contribution in [1.29, 1.82) is 5.26 Å². The highest BCUT2D eigenvalue weighted by molar-refractivity contribution is 6.24. The van der Waals surface area contributed by atoms with Crippen LogP contribution in [-0.4, -0.2) is 9.55 Å². The average molecular weight is 622 g/mol. The number of hydrogen-bond acceptors (Lipinski definition) is 2. The molecule has 0 aliphatic heterocycles. The van der Waals surface area contributed by atoms with Gasteiger partial charge in [-0.15, -0.1) is 0 Å². The van der Waals surface area contributed by atoms with Crippen molar-refractivity contribution in [2.45, 2.75) is 0 Å². The summed E-state index contributed by atoms with van der Waals surface area (Å²) in [4.78, 5) is 4.33. The van der Waals surface area contributed by atoms with Gasteiger partial charge < -0.3 is 4.57 Å². The van der Waals surface area contributed by atoms with Crippen molar-refractivity contribution in [3.63, 3.8) is 0 Å².